The van der Waals surface area contributed by atoms with Crippen molar-refractivity contribution in [1.82, 2.24) is 9.55 Å². The number of amides is 1. The number of carbonyl (C=O) groups excluding carboxylic acids is 1. The Morgan fingerprint density at radius 2 is 1.90 bits per heavy atom. The molecule has 0 fully saturated rings. The van der Waals surface area contributed by atoms with Crippen LogP contribution in [-0.4, -0.2) is 15.5 Å². The summed E-state index contributed by atoms with van der Waals surface area (Å²) >= 11 is 1.36. The summed E-state index contributed by atoms with van der Waals surface area (Å²) in [5.74, 6) is -1.70. The summed E-state index contributed by atoms with van der Waals surface area (Å²) in [4.78, 5) is 29.4. The molecule has 0 spiro atoms. The minimum atomic E-state index is -0.896. The molecule has 4 rings (SSSR count). The predicted octanol–water partition coefficient (Wildman–Crippen LogP) is 4.13. The Morgan fingerprint density at radius 3 is 2.63 bits per heavy atom. The number of benzene rings is 2. The van der Waals surface area contributed by atoms with Gasteiger partial charge in [-0.25, -0.2) is 8.78 Å². The first kappa shape index (κ1) is 20.3. The van der Waals surface area contributed by atoms with E-state index >= 15 is 0 Å². The molecule has 1 N–H and O–H groups in total. The molecule has 2 aromatic carbocycles. The molecule has 1 atom stereocenters. The zero-order valence-electron chi connectivity index (χ0n) is 16.4. The Balaban J connectivity index is 1.74. The minimum Gasteiger partial charge on any atom is -0.312 e. The molecular formula is C22H19F2N3O2S. The number of aromatic nitrogens is 2. The smallest absolute Gasteiger partial charge is 0.279 e. The summed E-state index contributed by atoms with van der Waals surface area (Å²) in [5.41, 5.74) is 1.82. The van der Waals surface area contributed by atoms with E-state index in [0.29, 0.717) is 10.9 Å². The van der Waals surface area contributed by atoms with Gasteiger partial charge < -0.3 is 9.88 Å². The van der Waals surface area contributed by atoms with E-state index in [1.54, 1.807) is 11.6 Å². The fraction of sp³-hybridized carbons (Fsp3) is 0.227. The minimum absolute atomic E-state index is 0.0231. The maximum atomic E-state index is 14.4. The lowest BCUT2D eigenvalue weighted by atomic mass is 9.86. The summed E-state index contributed by atoms with van der Waals surface area (Å²) in [7, 11) is 1.69. The first-order valence-electron chi connectivity index (χ1n) is 9.37. The molecule has 1 aliphatic heterocycles. The average Bonchev–Trinajstić information content (AvgIpc) is 2.72. The third-order valence-corrected chi connectivity index (χ3v) is 6.22. The van der Waals surface area contributed by atoms with Crippen molar-refractivity contribution < 1.29 is 13.6 Å². The maximum absolute atomic E-state index is 14.4. The van der Waals surface area contributed by atoms with Crippen molar-refractivity contribution in [2.24, 2.45) is 7.05 Å². The third-order valence-electron chi connectivity index (χ3n) is 5.12. The first-order valence-corrected chi connectivity index (χ1v) is 10.4. The molecule has 8 heteroatoms. The predicted molar refractivity (Wildman–Crippen MR) is 112 cm³/mol. The monoisotopic (exact) mass is 427 g/mol. The number of hydrogen-bond donors (Lipinski definition) is 1. The second-order valence-electron chi connectivity index (χ2n) is 7.27. The maximum Gasteiger partial charge on any atom is 0.279 e. The van der Waals surface area contributed by atoms with Crippen LogP contribution in [0.5, 0.6) is 0 Å². The van der Waals surface area contributed by atoms with Crippen LogP contribution in [0, 0.1) is 18.6 Å². The summed E-state index contributed by atoms with van der Waals surface area (Å²) in [6.07, 6.45) is -0.153. The molecule has 1 aromatic heterocycles. The van der Waals surface area contributed by atoms with Gasteiger partial charge in [0.2, 0.25) is 5.91 Å². The van der Waals surface area contributed by atoms with E-state index in [1.165, 1.54) is 11.8 Å². The van der Waals surface area contributed by atoms with Gasteiger partial charge in [0.1, 0.15) is 17.5 Å². The lowest BCUT2D eigenvalue weighted by Crippen LogP contribution is -2.33. The summed E-state index contributed by atoms with van der Waals surface area (Å²) in [5, 5.41) is 3.13. The second-order valence-corrected chi connectivity index (χ2v) is 8.21. The van der Waals surface area contributed by atoms with Crippen molar-refractivity contribution in [2.45, 2.75) is 30.2 Å². The average molecular weight is 427 g/mol. The van der Waals surface area contributed by atoms with Gasteiger partial charge in [0, 0.05) is 25.1 Å². The highest BCUT2D eigenvalue weighted by Crippen LogP contribution is 2.37. The van der Waals surface area contributed by atoms with Gasteiger partial charge in [-0.2, -0.15) is 4.98 Å². The number of aryl methyl sites for hydroxylation is 1. The van der Waals surface area contributed by atoms with E-state index in [-0.39, 0.29) is 29.3 Å². The molecule has 0 saturated heterocycles. The second kappa shape index (κ2) is 8.02. The van der Waals surface area contributed by atoms with Crippen LogP contribution in [0.1, 0.15) is 34.6 Å². The van der Waals surface area contributed by atoms with Crippen molar-refractivity contribution >= 4 is 23.5 Å². The van der Waals surface area contributed by atoms with Gasteiger partial charge in [0.25, 0.3) is 5.56 Å². The highest BCUT2D eigenvalue weighted by atomic mass is 32.2. The summed E-state index contributed by atoms with van der Waals surface area (Å²) in [6, 6.07) is 11.1. The number of nitrogens with zero attached hydrogens (tertiary/aromatic N) is 2. The fourth-order valence-corrected chi connectivity index (χ4v) is 4.46. The molecule has 0 radical (unpaired) electrons. The molecule has 0 bridgehead atoms. The van der Waals surface area contributed by atoms with Crippen LogP contribution in [0.25, 0.3) is 0 Å². The number of nitrogens with one attached hydrogen (secondary N) is 1. The molecule has 0 saturated carbocycles. The van der Waals surface area contributed by atoms with E-state index in [1.807, 2.05) is 31.2 Å². The van der Waals surface area contributed by atoms with E-state index in [2.05, 4.69) is 10.3 Å². The molecule has 0 aliphatic carbocycles. The summed E-state index contributed by atoms with van der Waals surface area (Å²) in [6.45, 7) is 2.01. The van der Waals surface area contributed by atoms with Crippen LogP contribution in [0.3, 0.4) is 0 Å². The van der Waals surface area contributed by atoms with Gasteiger partial charge in [0.05, 0.1) is 5.56 Å². The first-order chi connectivity index (χ1) is 14.3. The van der Waals surface area contributed by atoms with E-state index in [4.69, 9.17) is 0 Å². The van der Waals surface area contributed by atoms with Gasteiger partial charge in [-0.3, -0.25) is 9.59 Å². The number of carbonyl (C=O) groups is 1. The van der Waals surface area contributed by atoms with Crippen molar-refractivity contribution in [2.75, 3.05) is 5.32 Å². The third kappa shape index (κ3) is 3.87. The topological polar surface area (TPSA) is 64.0 Å². The molecule has 0 unspecified atom stereocenters. The Kier molecular flexibility index (Phi) is 5.42. The lowest BCUT2D eigenvalue weighted by Gasteiger charge is -2.27. The molecule has 1 aliphatic rings. The van der Waals surface area contributed by atoms with Crippen LogP contribution < -0.4 is 10.9 Å². The molecule has 2 heterocycles. The number of thioether (sulfide) groups is 1. The highest BCUT2D eigenvalue weighted by molar-refractivity contribution is 7.98. The number of anilines is 1. The van der Waals surface area contributed by atoms with Crippen LogP contribution in [-0.2, 0) is 17.6 Å². The van der Waals surface area contributed by atoms with Gasteiger partial charge in [-0.1, -0.05) is 41.6 Å². The van der Waals surface area contributed by atoms with Crippen molar-refractivity contribution in [3.05, 3.63) is 86.7 Å². The molecular weight excluding hydrogens is 408 g/mol. The number of fused-ring (bicyclic) bond motifs is 1. The summed E-state index contributed by atoms with van der Waals surface area (Å²) < 4.78 is 29.7. The Hall–Kier alpha value is -3.00. The largest absolute Gasteiger partial charge is 0.312 e. The van der Waals surface area contributed by atoms with Crippen molar-refractivity contribution in [1.29, 1.82) is 0 Å². The van der Waals surface area contributed by atoms with E-state index in [0.717, 1.165) is 29.3 Å². The van der Waals surface area contributed by atoms with Crippen molar-refractivity contribution in [3.8, 4) is 0 Å². The SMILES string of the molecule is Cc1ccc(CSc2nc(=O)c3c(n2C)NC(=O)C[C@H]3c2cc(F)ccc2F)cc1. The molecule has 154 valence electrons. The lowest BCUT2D eigenvalue weighted by molar-refractivity contribution is -0.116. The Labute approximate surface area is 176 Å². The zero-order chi connectivity index (χ0) is 21.4. The van der Waals surface area contributed by atoms with Gasteiger partial charge in [-0.05, 0) is 36.2 Å². The number of hydrogen-bond acceptors (Lipinski definition) is 4. The molecule has 3 aromatic rings. The van der Waals surface area contributed by atoms with Crippen molar-refractivity contribution in [3.63, 3.8) is 0 Å². The number of rotatable bonds is 4. The number of halogens is 2. The highest BCUT2D eigenvalue weighted by Gasteiger charge is 2.33. The Bertz CT molecular complexity index is 1190. The van der Waals surface area contributed by atoms with Crippen LogP contribution in [0.2, 0.25) is 0 Å². The zero-order valence-corrected chi connectivity index (χ0v) is 17.2. The van der Waals surface area contributed by atoms with Crippen LogP contribution >= 0.6 is 11.8 Å². The van der Waals surface area contributed by atoms with E-state index < -0.39 is 23.1 Å². The molecule has 30 heavy (non-hydrogen) atoms. The van der Waals surface area contributed by atoms with Crippen LogP contribution in [0.4, 0.5) is 14.6 Å². The standard InChI is InChI=1S/C22H19F2N3O2S/c1-12-3-5-13(6-4-12)11-30-22-26-21(29)19-16(10-18(28)25-20(19)27(22)2)15-9-14(23)7-8-17(15)24/h3-9,16H,10-11H2,1-2H3,(H,25,28)/t16-/m0/s1. The van der Waals surface area contributed by atoms with Gasteiger partial charge >= 0.3 is 0 Å². The van der Waals surface area contributed by atoms with E-state index in [9.17, 15) is 18.4 Å². The van der Waals surface area contributed by atoms with Gasteiger partial charge in [-0.15, -0.1) is 0 Å². The van der Waals surface area contributed by atoms with Gasteiger partial charge in [0.15, 0.2) is 5.16 Å². The normalized spacial score (nSPS) is 15.6. The fourth-order valence-electron chi connectivity index (χ4n) is 3.54. The quantitative estimate of drug-likeness (QED) is 0.502. The molecule has 1 amide bonds. The molecule has 5 nitrogen and oxygen atoms in total. The van der Waals surface area contributed by atoms with Crippen LogP contribution in [0.15, 0.2) is 52.4 Å². The Morgan fingerprint density at radius 1 is 1.17 bits per heavy atom.